The number of carbonyl (C=O) groups is 1. The lowest BCUT2D eigenvalue weighted by Crippen LogP contribution is -2.07. The molecule has 0 bridgehead atoms. The maximum atomic E-state index is 12.7. The van der Waals surface area contributed by atoms with E-state index in [2.05, 4.69) is 5.32 Å². The number of phenolic OH excluding ortho intramolecular Hbond substituents is 1. The van der Waals surface area contributed by atoms with E-state index in [1.165, 1.54) is 30.3 Å². The third kappa shape index (κ3) is 4.21. The fourth-order valence-electron chi connectivity index (χ4n) is 1.57. The molecule has 0 unspecified atom stereocenters. The minimum atomic E-state index is -0.405. The van der Waals surface area contributed by atoms with Gasteiger partial charge < -0.3 is 10.4 Å². The van der Waals surface area contributed by atoms with Crippen LogP contribution in [0.1, 0.15) is 5.56 Å². The minimum absolute atomic E-state index is 0.0420. The molecule has 6 heteroatoms. The molecular formula is C15H10Cl2FNO2. The summed E-state index contributed by atoms with van der Waals surface area (Å²) in [6, 6.07) is 8.47. The van der Waals surface area contributed by atoms with E-state index < -0.39 is 5.91 Å². The normalized spacial score (nSPS) is 10.8. The van der Waals surface area contributed by atoms with E-state index in [0.29, 0.717) is 11.3 Å². The zero-order valence-corrected chi connectivity index (χ0v) is 12.1. The summed E-state index contributed by atoms with van der Waals surface area (Å²) in [7, 11) is 0. The van der Waals surface area contributed by atoms with Gasteiger partial charge in [-0.05, 0) is 35.9 Å². The van der Waals surface area contributed by atoms with Gasteiger partial charge in [0.2, 0.25) is 5.91 Å². The highest BCUT2D eigenvalue weighted by molar-refractivity contribution is 6.37. The predicted octanol–water partition coefficient (Wildman–Crippen LogP) is 4.49. The molecule has 3 nitrogen and oxygen atoms in total. The number of rotatable bonds is 3. The molecule has 0 atom stereocenters. The van der Waals surface area contributed by atoms with Crippen LogP contribution in [0, 0.1) is 5.82 Å². The zero-order chi connectivity index (χ0) is 15.4. The van der Waals surface area contributed by atoms with Crippen molar-refractivity contribution in [1.82, 2.24) is 0 Å². The number of hydrogen-bond donors (Lipinski definition) is 2. The van der Waals surface area contributed by atoms with Gasteiger partial charge in [0, 0.05) is 11.8 Å². The molecule has 2 rings (SSSR count). The molecule has 0 radical (unpaired) electrons. The van der Waals surface area contributed by atoms with Gasteiger partial charge in [-0.3, -0.25) is 4.79 Å². The average Bonchev–Trinajstić information content (AvgIpc) is 2.44. The highest BCUT2D eigenvalue weighted by Crippen LogP contribution is 2.34. The number of carbonyl (C=O) groups excluding carboxylic acids is 1. The van der Waals surface area contributed by atoms with Crippen LogP contribution < -0.4 is 5.32 Å². The molecule has 0 saturated carbocycles. The first-order chi connectivity index (χ1) is 9.95. The van der Waals surface area contributed by atoms with Gasteiger partial charge in [0.05, 0.1) is 10.0 Å². The maximum absolute atomic E-state index is 12.7. The molecule has 0 fully saturated rings. The van der Waals surface area contributed by atoms with Gasteiger partial charge in [0.1, 0.15) is 5.82 Å². The molecule has 1 amide bonds. The fourth-order valence-corrected chi connectivity index (χ4v) is 2.05. The number of halogens is 3. The lowest BCUT2D eigenvalue weighted by Gasteiger charge is -2.05. The van der Waals surface area contributed by atoms with Crippen molar-refractivity contribution in [2.75, 3.05) is 5.32 Å². The van der Waals surface area contributed by atoms with Crippen molar-refractivity contribution in [2.45, 2.75) is 0 Å². The third-order valence-electron chi connectivity index (χ3n) is 2.58. The van der Waals surface area contributed by atoms with Gasteiger partial charge >= 0.3 is 0 Å². The molecule has 0 spiro atoms. The lowest BCUT2D eigenvalue weighted by atomic mass is 10.2. The molecule has 0 aliphatic heterocycles. The summed E-state index contributed by atoms with van der Waals surface area (Å²) < 4.78 is 12.7. The molecule has 0 aliphatic carbocycles. The van der Waals surface area contributed by atoms with Crippen LogP contribution in [0.5, 0.6) is 5.75 Å². The van der Waals surface area contributed by atoms with Crippen molar-refractivity contribution in [3.63, 3.8) is 0 Å². The molecule has 2 aromatic carbocycles. The van der Waals surface area contributed by atoms with Crippen LogP contribution in [-0.4, -0.2) is 11.0 Å². The van der Waals surface area contributed by atoms with E-state index in [-0.39, 0.29) is 21.6 Å². The van der Waals surface area contributed by atoms with E-state index in [0.717, 1.165) is 0 Å². The number of benzene rings is 2. The second-order valence-electron chi connectivity index (χ2n) is 4.16. The Hall–Kier alpha value is -2.04. The summed E-state index contributed by atoms with van der Waals surface area (Å²) >= 11 is 11.5. The summed E-state index contributed by atoms with van der Waals surface area (Å²) in [5.41, 5.74) is 1.05. The van der Waals surface area contributed by atoms with Crippen LogP contribution in [0.15, 0.2) is 42.5 Å². The lowest BCUT2D eigenvalue weighted by molar-refractivity contribution is -0.111. The molecular weight excluding hydrogens is 316 g/mol. The Morgan fingerprint density at radius 3 is 2.29 bits per heavy atom. The molecule has 0 heterocycles. The number of nitrogens with one attached hydrogen (secondary N) is 1. The van der Waals surface area contributed by atoms with Crippen molar-refractivity contribution in [1.29, 1.82) is 0 Å². The Morgan fingerprint density at radius 2 is 1.71 bits per heavy atom. The van der Waals surface area contributed by atoms with Gasteiger partial charge in [0.25, 0.3) is 0 Å². The van der Waals surface area contributed by atoms with Gasteiger partial charge in [0.15, 0.2) is 5.75 Å². The van der Waals surface area contributed by atoms with Crippen molar-refractivity contribution in [3.8, 4) is 5.75 Å². The van der Waals surface area contributed by atoms with Crippen LogP contribution in [0.2, 0.25) is 10.0 Å². The number of aromatic hydroxyl groups is 1. The number of hydrogen-bond acceptors (Lipinski definition) is 2. The van der Waals surface area contributed by atoms with Crippen LogP contribution in [0.3, 0.4) is 0 Å². The Morgan fingerprint density at radius 1 is 1.14 bits per heavy atom. The molecule has 0 aliphatic rings. The zero-order valence-electron chi connectivity index (χ0n) is 10.6. The number of phenols is 1. The Kier molecular flexibility index (Phi) is 4.83. The molecule has 0 saturated heterocycles. The van der Waals surface area contributed by atoms with Crippen molar-refractivity contribution < 1.29 is 14.3 Å². The first kappa shape index (κ1) is 15.4. The van der Waals surface area contributed by atoms with E-state index in [4.69, 9.17) is 23.2 Å². The third-order valence-corrected chi connectivity index (χ3v) is 3.16. The van der Waals surface area contributed by atoms with Crippen LogP contribution in [0.25, 0.3) is 6.08 Å². The summed E-state index contributed by atoms with van der Waals surface area (Å²) in [5.74, 6) is -0.986. The Balaban J connectivity index is 2.06. The average molecular weight is 326 g/mol. The summed E-state index contributed by atoms with van der Waals surface area (Å²) in [4.78, 5) is 11.7. The Bertz CT molecular complexity index is 676. The second kappa shape index (κ2) is 6.61. The molecule has 2 aromatic rings. The first-order valence-electron chi connectivity index (χ1n) is 5.88. The second-order valence-corrected chi connectivity index (χ2v) is 4.98. The van der Waals surface area contributed by atoms with E-state index in [1.54, 1.807) is 18.2 Å². The highest BCUT2D eigenvalue weighted by Gasteiger charge is 2.07. The standard InChI is InChI=1S/C15H10Cl2FNO2/c16-12-7-11(8-13(17)15(12)21)19-14(20)6-3-9-1-4-10(18)5-2-9/h1-8,21H,(H,19,20)/b6-3+. The maximum Gasteiger partial charge on any atom is 0.248 e. The molecule has 21 heavy (non-hydrogen) atoms. The Labute approximate surface area is 130 Å². The largest absolute Gasteiger partial charge is 0.505 e. The van der Waals surface area contributed by atoms with Crippen molar-refractivity contribution >= 4 is 40.9 Å². The van der Waals surface area contributed by atoms with Crippen LogP contribution in [0.4, 0.5) is 10.1 Å². The van der Waals surface area contributed by atoms with Gasteiger partial charge in [-0.25, -0.2) is 4.39 Å². The van der Waals surface area contributed by atoms with Gasteiger partial charge in [-0.1, -0.05) is 35.3 Å². The molecule has 0 aromatic heterocycles. The number of anilines is 1. The SMILES string of the molecule is O=C(/C=C/c1ccc(F)cc1)Nc1cc(Cl)c(O)c(Cl)c1. The monoisotopic (exact) mass is 325 g/mol. The molecule has 108 valence electrons. The minimum Gasteiger partial charge on any atom is -0.505 e. The van der Waals surface area contributed by atoms with E-state index in [9.17, 15) is 14.3 Å². The first-order valence-corrected chi connectivity index (χ1v) is 6.64. The smallest absolute Gasteiger partial charge is 0.248 e. The molecule has 2 N–H and O–H groups in total. The van der Waals surface area contributed by atoms with Crippen molar-refractivity contribution in [3.05, 3.63) is 63.9 Å². The van der Waals surface area contributed by atoms with Crippen LogP contribution >= 0.6 is 23.2 Å². The highest BCUT2D eigenvalue weighted by atomic mass is 35.5. The fraction of sp³-hybridized carbons (Fsp3) is 0. The summed E-state index contributed by atoms with van der Waals surface area (Å²) in [5, 5.41) is 12.1. The predicted molar refractivity (Wildman–Crippen MR) is 82.2 cm³/mol. The topological polar surface area (TPSA) is 49.3 Å². The quantitative estimate of drug-likeness (QED) is 0.645. The number of amides is 1. The van der Waals surface area contributed by atoms with Crippen molar-refractivity contribution in [2.24, 2.45) is 0 Å². The van der Waals surface area contributed by atoms with Crippen LogP contribution in [-0.2, 0) is 4.79 Å². The van der Waals surface area contributed by atoms with Gasteiger partial charge in [-0.15, -0.1) is 0 Å². The van der Waals surface area contributed by atoms with E-state index in [1.807, 2.05) is 0 Å². The van der Waals surface area contributed by atoms with E-state index >= 15 is 0 Å². The summed E-state index contributed by atoms with van der Waals surface area (Å²) in [6.45, 7) is 0. The van der Waals surface area contributed by atoms with Gasteiger partial charge in [-0.2, -0.15) is 0 Å². The summed E-state index contributed by atoms with van der Waals surface area (Å²) in [6.07, 6.45) is 2.83.